The van der Waals surface area contributed by atoms with E-state index in [1.165, 1.54) is 19.3 Å². The summed E-state index contributed by atoms with van der Waals surface area (Å²) in [6.07, 6.45) is 6.65. The van der Waals surface area contributed by atoms with E-state index in [4.69, 9.17) is 0 Å². The first-order valence-electron chi connectivity index (χ1n) is 9.35. The monoisotopic (exact) mass is 343 g/mol. The van der Waals surface area contributed by atoms with Gasteiger partial charge in [0, 0.05) is 25.3 Å². The summed E-state index contributed by atoms with van der Waals surface area (Å²) in [5.41, 5.74) is 2.73. The lowest BCUT2D eigenvalue weighted by Gasteiger charge is -2.22. The van der Waals surface area contributed by atoms with Crippen molar-refractivity contribution in [1.29, 1.82) is 0 Å². The number of amides is 3. The zero-order valence-corrected chi connectivity index (χ0v) is 15.5. The van der Waals surface area contributed by atoms with Gasteiger partial charge < -0.3 is 15.5 Å². The molecule has 2 N–H and O–H groups in total. The molecule has 1 aliphatic heterocycles. The van der Waals surface area contributed by atoms with E-state index in [2.05, 4.69) is 16.7 Å². The fourth-order valence-electron chi connectivity index (χ4n) is 3.98. The van der Waals surface area contributed by atoms with Gasteiger partial charge in [0.05, 0.1) is 5.41 Å². The van der Waals surface area contributed by atoms with Crippen LogP contribution in [-0.4, -0.2) is 31.6 Å². The van der Waals surface area contributed by atoms with Gasteiger partial charge >= 0.3 is 6.03 Å². The third-order valence-electron chi connectivity index (χ3n) is 5.57. The van der Waals surface area contributed by atoms with Gasteiger partial charge in [-0.05, 0) is 50.3 Å². The molecule has 1 aromatic carbocycles. The quantitative estimate of drug-likeness (QED) is 0.882. The smallest absolute Gasteiger partial charge is 0.315 e. The number of nitrogens with zero attached hydrogens (tertiary/aromatic N) is 1. The molecular formula is C20H29N3O2. The Morgan fingerprint density at radius 3 is 2.68 bits per heavy atom. The minimum absolute atomic E-state index is 0.0664. The van der Waals surface area contributed by atoms with Crippen molar-refractivity contribution in [3.63, 3.8) is 0 Å². The van der Waals surface area contributed by atoms with Gasteiger partial charge in [0.25, 0.3) is 0 Å². The first kappa shape index (κ1) is 17.8. The van der Waals surface area contributed by atoms with Gasteiger partial charge in [-0.15, -0.1) is 0 Å². The molecule has 1 aliphatic carbocycles. The summed E-state index contributed by atoms with van der Waals surface area (Å²) < 4.78 is 0. The van der Waals surface area contributed by atoms with Crippen LogP contribution in [0.15, 0.2) is 18.2 Å². The molecule has 25 heavy (non-hydrogen) atoms. The maximum absolute atomic E-state index is 12.3. The number of urea groups is 1. The molecule has 1 aromatic rings. The fraction of sp³-hybridized carbons (Fsp3) is 0.600. The van der Waals surface area contributed by atoms with Crippen LogP contribution < -0.4 is 15.5 Å². The lowest BCUT2D eigenvalue weighted by atomic mass is 9.85. The molecule has 3 rings (SSSR count). The Bertz CT molecular complexity index is 663. The number of benzene rings is 1. The lowest BCUT2D eigenvalue weighted by Crippen LogP contribution is -2.43. The summed E-state index contributed by atoms with van der Waals surface area (Å²) >= 11 is 0. The molecule has 1 heterocycles. The van der Waals surface area contributed by atoms with Crippen LogP contribution in [0.4, 0.5) is 10.5 Å². The summed E-state index contributed by atoms with van der Waals surface area (Å²) in [6.45, 7) is 4.54. The van der Waals surface area contributed by atoms with Crippen LogP contribution in [0.25, 0.3) is 0 Å². The van der Waals surface area contributed by atoms with Crippen molar-refractivity contribution >= 4 is 17.6 Å². The second-order valence-electron chi connectivity index (χ2n) is 7.83. The van der Waals surface area contributed by atoms with E-state index in [1.54, 1.807) is 4.90 Å². The fourth-order valence-corrected chi connectivity index (χ4v) is 3.98. The van der Waals surface area contributed by atoms with Crippen LogP contribution in [-0.2, 0) is 16.6 Å². The predicted molar refractivity (Wildman–Crippen MR) is 100.0 cm³/mol. The van der Waals surface area contributed by atoms with E-state index in [0.717, 1.165) is 36.1 Å². The SMILES string of the molecule is CN1C(=O)C(C)(C)c2cc(CCNC(=O)NC3CCCCC3)ccc21. The Kier molecular flexibility index (Phi) is 5.02. The van der Waals surface area contributed by atoms with Crippen molar-refractivity contribution in [3.8, 4) is 0 Å². The largest absolute Gasteiger partial charge is 0.338 e. The number of anilines is 1. The average Bonchev–Trinajstić information content (AvgIpc) is 2.76. The molecular weight excluding hydrogens is 314 g/mol. The molecule has 1 saturated carbocycles. The van der Waals surface area contributed by atoms with Gasteiger partial charge in [-0.2, -0.15) is 0 Å². The molecule has 0 unspecified atom stereocenters. The number of likely N-dealkylation sites (N-methyl/N-ethyl adjacent to an activating group) is 1. The second kappa shape index (κ2) is 7.06. The summed E-state index contributed by atoms with van der Waals surface area (Å²) in [7, 11) is 1.83. The van der Waals surface area contributed by atoms with Crippen LogP contribution in [0, 0.1) is 0 Å². The minimum Gasteiger partial charge on any atom is -0.338 e. The normalized spacial score (nSPS) is 19.6. The van der Waals surface area contributed by atoms with Gasteiger partial charge in [-0.1, -0.05) is 31.4 Å². The summed E-state index contributed by atoms with van der Waals surface area (Å²) in [4.78, 5) is 26.1. The molecule has 5 heteroatoms. The molecule has 2 aliphatic rings. The second-order valence-corrected chi connectivity index (χ2v) is 7.83. The van der Waals surface area contributed by atoms with E-state index in [1.807, 2.05) is 33.0 Å². The molecule has 1 fully saturated rings. The highest BCUT2D eigenvalue weighted by Crippen LogP contribution is 2.41. The molecule has 3 amide bonds. The van der Waals surface area contributed by atoms with Crippen LogP contribution in [0.1, 0.15) is 57.1 Å². The number of nitrogens with one attached hydrogen (secondary N) is 2. The number of carbonyl (C=O) groups is 2. The van der Waals surface area contributed by atoms with Crippen LogP contribution >= 0.6 is 0 Å². The standard InChI is InChI=1S/C20H29N3O2/c1-20(2)16-13-14(9-10-17(16)23(3)18(20)24)11-12-21-19(25)22-15-7-5-4-6-8-15/h9-10,13,15H,4-8,11-12H2,1-3H3,(H2,21,22,25). The Labute approximate surface area is 150 Å². The van der Waals surface area contributed by atoms with Crippen molar-refractivity contribution in [1.82, 2.24) is 10.6 Å². The van der Waals surface area contributed by atoms with E-state index >= 15 is 0 Å². The maximum Gasteiger partial charge on any atom is 0.315 e. The third kappa shape index (κ3) is 3.65. The Morgan fingerprint density at radius 1 is 1.24 bits per heavy atom. The molecule has 0 bridgehead atoms. The van der Waals surface area contributed by atoms with Gasteiger partial charge in [-0.3, -0.25) is 4.79 Å². The first-order chi connectivity index (χ1) is 11.9. The topological polar surface area (TPSA) is 61.4 Å². The Balaban J connectivity index is 1.53. The first-order valence-corrected chi connectivity index (χ1v) is 9.35. The van der Waals surface area contributed by atoms with Crippen molar-refractivity contribution in [2.45, 2.75) is 63.8 Å². The van der Waals surface area contributed by atoms with Crippen molar-refractivity contribution in [2.75, 3.05) is 18.5 Å². The molecule has 0 saturated heterocycles. The molecule has 0 radical (unpaired) electrons. The zero-order valence-electron chi connectivity index (χ0n) is 15.5. The summed E-state index contributed by atoms with van der Waals surface area (Å²) in [5, 5.41) is 6.03. The van der Waals surface area contributed by atoms with Gasteiger partial charge in [0.2, 0.25) is 5.91 Å². The van der Waals surface area contributed by atoms with Crippen molar-refractivity contribution < 1.29 is 9.59 Å². The summed E-state index contributed by atoms with van der Waals surface area (Å²) in [6, 6.07) is 6.43. The number of fused-ring (bicyclic) bond motifs is 1. The Hall–Kier alpha value is -2.04. The van der Waals surface area contributed by atoms with E-state index in [0.29, 0.717) is 12.6 Å². The van der Waals surface area contributed by atoms with Gasteiger partial charge in [-0.25, -0.2) is 4.79 Å². The predicted octanol–water partition coefficient (Wildman–Crippen LogP) is 3.12. The van der Waals surface area contributed by atoms with Gasteiger partial charge in [0.15, 0.2) is 0 Å². The van der Waals surface area contributed by atoms with E-state index in [-0.39, 0.29) is 11.9 Å². The molecule has 0 atom stereocenters. The van der Waals surface area contributed by atoms with Crippen LogP contribution in [0.2, 0.25) is 0 Å². The zero-order chi connectivity index (χ0) is 18.0. The number of carbonyl (C=O) groups excluding carboxylic acids is 2. The molecule has 5 nitrogen and oxygen atoms in total. The van der Waals surface area contributed by atoms with Crippen molar-refractivity contribution in [3.05, 3.63) is 29.3 Å². The summed E-state index contributed by atoms with van der Waals surface area (Å²) in [5.74, 6) is 0.129. The minimum atomic E-state index is -0.480. The highest BCUT2D eigenvalue weighted by molar-refractivity contribution is 6.07. The molecule has 136 valence electrons. The Morgan fingerprint density at radius 2 is 1.96 bits per heavy atom. The maximum atomic E-state index is 12.3. The van der Waals surface area contributed by atoms with Crippen LogP contribution in [0.3, 0.4) is 0 Å². The van der Waals surface area contributed by atoms with E-state index < -0.39 is 5.41 Å². The average molecular weight is 343 g/mol. The van der Waals surface area contributed by atoms with Crippen molar-refractivity contribution in [2.24, 2.45) is 0 Å². The number of hydrogen-bond donors (Lipinski definition) is 2. The highest BCUT2D eigenvalue weighted by Gasteiger charge is 2.42. The van der Waals surface area contributed by atoms with Crippen LogP contribution in [0.5, 0.6) is 0 Å². The molecule has 0 aromatic heterocycles. The number of rotatable bonds is 4. The van der Waals surface area contributed by atoms with Gasteiger partial charge in [0.1, 0.15) is 0 Å². The lowest BCUT2D eigenvalue weighted by molar-refractivity contribution is -0.121. The number of hydrogen-bond acceptors (Lipinski definition) is 2. The van der Waals surface area contributed by atoms with E-state index in [9.17, 15) is 9.59 Å². The third-order valence-corrected chi connectivity index (χ3v) is 5.57. The highest BCUT2D eigenvalue weighted by atomic mass is 16.2. The molecule has 0 spiro atoms.